The van der Waals surface area contributed by atoms with Gasteiger partial charge in [-0.2, -0.15) is 5.26 Å². The quantitative estimate of drug-likeness (QED) is 0.772. The Bertz CT molecular complexity index is 405. The molecule has 0 saturated carbocycles. The second-order valence-electron chi connectivity index (χ2n) is 4.19. The molecule has 0 aromatic heterocycles. The van der Waals surface area contributed by atoms with Crippen molar-refractivity contribution < 1.29 is 18.3 Å². The van der Waals surface area contributed by atoms with Crippen molar-refractivity contribution >= 4 is 16.0 Å². The first kappa shape index (κ1) is 13.9. The molecule has 7 heteroatoms. The number of sulfonamides is 1. The van der Waals surface area contributed by atoms with Gasteiger partial charge in [0.1, 0.15) is 0 Å². The van der Waals surface area contributed by atoms with Crippen LogP contribution in [0.15, 0.2) is 0 Å². The number of nitrogens with zero attached hydrogens (tertiary/aromatic N) is 2. The molecule has 0 aromatic rings. The van der Waals surface area contributed by atoms with Crippen LogP contribution in [0.25, 0.3) is 0 Å². The van der Waals surface area contributed by atoms with Crippen LogP contribution in [0, 0.1) is 17.2 Å². The average Bonchev–Trinajstić information content (AvgIpc) is 2.27. The Morgan fingerprint density at radius 1 is 1.41 bits per heavy atom. The first-order valence-corrected chi connectivity index (χ1v) is 7.13. The molecule has 0 radical (unpaired) electrons. The van der Waals surface area contributed by atoms with E-state index < -0.39 is 21.7 Å². The third kappa shape index (κ3) is 4.32. The second-order valence-corrected chi connectivity index (χ2v) is 6.16. The summed E-state index contributed by atoms with van der Waals surface area (Å²) in [4.78, 5) is 10.4. The number of carboxylic acids is 1. The molecule has 0 aromatic carbocycles. The van der Waals surface area contributed by atoms with E-state index in [-0.39, 0.29) is 12.3 Å². The van der Waals surface area contributed by atoms with Gasteiger partial charge >= 0.3 is 5.97 Å². The van der Waals surface area contributed by atoms with Crippen molar-refractivity contribution in [2.24, 2.45) is 5.92 Å². The van der Waals surface area contributed by atoms with Gasteiger partial charge in [0.15, 0.2) is 5.75 Å². The molecule has 1 aliphatic rings. The lowest BCUT2D eigenvalue weighted by Crippen LogP contribution is -2.39. The summed E-state index contributed by atoms with van der Waals surface area (Å²) in [5.41, 5.74) is 0. The van der Waals surface area contributed by atoms with Gasteiger partial charge in [0.05, 0.1) is 6.07 Å². The SMILES string of the molecule is N#CCS(=O)(=O)N1CCC(CCC(=O)O)CC1. The molecule has 1 N–H and O–H groups in total. The van der Waals surface area contributed by atoms with E-state index in [1.807, 2.05) is 0 Å². The zero-order valence-corrected chi connectivity index (χ0v) is 10.3. The lowest BCUT2D eigenvalue weighted by Gasteiger charge is -2.30. The van der Waals surface area contributed by atoms with E-state index in [4.69, 9.17) is 10.4 Å². The van der Waals surface area contributed by atoms with Gasteiger partial charge in [-0.15, -0.1) is 0 Å². The zero-order chi connectivity index (χ0) is 12.9. The van der Waals surface area contributed by atoms with E-state index in [9.17, 15) is 13.2 Å². The fourth-order valence-corrected chi connectivity index (χ4v) is 3.09. The van der Waals surface area contributed by atoms with E-state index in [2.05, 4.69) is 0 Å². The zero-order valence-electron chi connectivity index (χ0n) is 9.50. The van der Waals surface area contributed by atoms with Crippen molar-refractivity contribution in [2.45, 2.75) is 25.7 Å². The first-order chi connectivity index (χ1) is 7.95. The molecule has 1 heterocycles. The van der Waals surface area contributed by atoms with Crippen molar-refractivity contribution in [2.75, 3.05) is 18.8 Å². The number of carbonyl (C=O) groups is 1. The molecular weight excluding hydrogens is 244 g/mol. The molecule has 1 saturated heterocycles. The maximum atomic E-state index is 11.6. The number of hydrogen-bond donors (Lipinski definition) is 1. The highest BCUT2D eigenvalue weighted by molar-refractivity contribution is 7.89. The van der Waals surface area contributed by atoms with E-state index in [1.54, 1.807) is 6.07 Å². The summed E-state index contributed by atoms with van der Waals surface area (Å²) in [6, 6.07) is 1.65. The van der Waals surface area contributed by atoms with Crippen LogP contribution in [0.4, 0.5) is 0 Å². The van der Waals surface area contributed by atoms with Crippen molar-refractivity contribution in [3.05, 3.63) is 0 Å². The Morgan fingerprint density at radius 2 is 2.00 bits per heavy atom. The van der Waals surface area contributed by atoms with Crippen LogP contribution in [-0.2, 0) is 14.8 Å². The highest BCUT2D eigenvalue weighted by Gasteiger charge is 2.27. The van der Waals surface area contributed by atoms with Crippen molar-refractivity contribution in [3.8, 4) is 6.07 Å². The summed E-state index contributed by atoms with van der Waals surface area (Å²) in [5.74, 6) is -1.02. The maximum absolute atomic E-state index is 11.6. The summed E-state index contributed by atoms with van der Waals surface area (Å²) in [6.45, 7) is 0.794. The maximum Gasteiger partial charge on any atom is 0.303 e. The predicted molar refractivity (Wildman–Crippen MR) is 60.6 cm³/mol. The molecule has 0 aliphatic carbocycles. The normalized spacial score (nSPS) is 18.8. The van der Waals surface area contributed by atoms with Gasteiger partial charge in [0.2, 0.25) is 10.0 Å². The standard InChI is InChI=1S/C10H16N2O4S/c11-5-8-17(15,16)12-6-3-9(4-7-12)1-2-10(13)14/h9H,1-4,6-8H2,(H,13,14). The fraction of sp³-hybridized carbons (Fsp3) is 0.800. The molecule has 6 nitrogen and oxygen atoms in total. The van der Waals surface area contributed by atoms with Crippen LogP contribution in [0.5, 0.6) is 0 Å². The van der Waals surface area contributed by atoms with Gasteiger partial charge in [-0.1, -0.05) is 0 Å². The predicted octanol–water partition coefficient (Wildman–Crippen LogP) is 0.417. The van der Waals surface area contributed by atoms with Gasteiger partial charge in [0.25, 0.3) is 0 Å². The molecule has 1 aliphatic heterocycles. The Hall–Kier alpha value is -1.13. The third-order valence-corrected chi connectivity index (χ3v) is 4.63. The Labute approximate surface area is 101 Å². The van der Waals surface area contributed by atoms with Crippen LogP contribution in [0.2, 0.25) is 0 Å². The lowest BCUT2D eigenvalue weighted by atomic mass is 9.93. The largest absolute Gasteiger partial charge is 0.481 e. The minimum Gasteiger partial charge on any atom is -0.481 e. The van der Waals surface area contributed by atoms with Crippen molar-refractivity contribution in [1.82, 2.24) is 4.31 Å². The third-order valence-electron chi connectivity index (χ3n) is 2.98. The summed E-state index contributed by atoms with van der Waals surface area (Å²) in [5, 5.41) is 17.0. The number of nitriles is 1. The average molecular weight is 260 g/mol. The number of hydrogen-bond acceptors (Lipinski definition) is 4. The van der Waals surface area contributed by atoms with Crippen LogP contribution in [-0.4, -0.2) is 42.6 Å². The van der Waals surface area contributed by atoms with E-state index in [1.165, 1.54) is 4.31 Å². The van der Waals surface area contributed by atoms with Gasteiger partial charge < -0.3 is 5.11 Å². The smallest absolute Gasteiger partial charge is 0.303 e. The van der Waals surface area contributed by atoms with Crippen molar-refractivity contribution in [1.29, 1.82) is 5.26 Å². The summed E-state index contributed by atoms with van der Waals surface area (Å²) in [6.07, 6.45) is 2.09. The first-order valence-electron chi connectivity index (χ1n) is 5.52. The molecule has 1 rings (SSSR count). The Kier molecular flexibility index (Phi) is 4.90. The summed E-state index contributed by atoms with van der Waals surface area (Å²) < 4.78 is 24.5. The Balaban J connectivity index is 2.41. The highest BCUT2D eigenvalue weighted by atomic mass is 32.2. The summed E-state index contributed by atoms with van der Waals surface area (Å²) in [7, 11) is -3.43. The van der Waals surface area contributed by atoms with Crippen LogP contribution < -0.4 is 0 Å². The van der Waals surface area contributed by atoms with E-state index in [0.717, 1.165) is 0 Å². The minimum atomic E-state index is -3.43. The molecule has 0 amide bonds. The Morgan fingerprint density at radius 3 is 2.47 bits per heavy atom. The van der Waals surface area contributed by atoms with Crippen LogP contribution in [0.1, 0.15) is 25.7 Å². The van der Waals surface area contributed by atoms with E-state index >= 15 is 0 Å². The second kappa shape index (κ2) is 5.98. The minimum absolute atomic E-state index is 0.135. The van der Waals surface area contributed by atoms with Gasteiger partial charge in [-0.25, -0.2) is 12.7 Å². The molecule has 0 spiro atoms. The van der Waals surface area contributed by atoms with Crippen molar-refractivity contribution in [3.63, 3.8) is 0 Å². The van der Waals surface area contributed by atoms with Gasteiger partial charge in [-0.05, 0) is 25.2 Å². The van der Waals surface area contributed by atoms with E-state index in [0.29, 0.717) is 32.4 Å². The van der Waals surface area contributed by atoms with Gasteiger partial charge in [-0.3, -0.25) is 4.79 Å². The molecule has 17 heavy (non-hydrogen) atoms. The molecule has 96 valence electrons. The molecule has 0 bridgehead atoms. The molecule has 0 unspecified atom stereocenters. The summed E-state index contributed by atoms with van der Waals surface area (Å²) >= 11 is 0. The number of rotatable bonds is 5. The number of carboxylic acid groups (broad SMARTS) is 1. The molecule has 0 atom stereocenters. The topological polar surface area (TPSA) is 98.5 Å². The van der Waals surface area contributed by atoms with Gasteiger partial charge in [0, 0.05) is 19.5 Å². The van der Waals surface area contributed by atoms with Crippen LogP contribution >= 0.6 is 0 Å². The lowest BCUT2D eigenvalue weighted by molar-refractivity contribution is -0.137. The molecular formula is C10H16N2O4S. The highest BCUT2D eigenvalue weighted by Crippen LogP contribution is 2.23. The molecule has 1 fully saturated rings. The number of piperidine rings is 1. The monoisotopic (exact) mass is 260 g/mol. The van der Waals surface area contributed by atoms with Crippen LogP contribution in [0.3, 0.4) is 0 Å². The fourth-order valence-electron chi connectivity index (χ4n) is 1.98. The number of aliphatic carboxylic acids is 1.